The lowest BCUT2D eigenvalue weighted by Gasteiger charge is -2.37. The van der Waals surface area contributed by atoms with Crippen LogP contribution in [0.5, 0.6) is 0 Å². The Bertz CT molecular complexity index is 936. The van der Waals surface area contributed by atoms with E-state index in [1.165, 1.54) is 10.6 Å². The van der Waals surface area contributed by atoms with Crippen LogP contribution < -0.4 is 5.56 Å². The van der Waals surface area contributed by atoms with Crippen LogP contribution in [0, 0.1) is 11.8 Å². The second-order valence-corrected chi connectivity index (χ2v) is 8.29. The smallest absolute Gasteiger partial charge is 0.270 e. The van der Waals surface area contributed by atoms with E-state index in [0.717, 1.165) is 19.6 Å². The van der Waals surface area contributed by atoms with Crippen LogP contribution in [0.1, 0.15) is 24.2 Å². The summed E-state index contributed by atoms with van der Waals surface area (Å²) in [6.07, 6.45) is 3.33. The maximum atomic E-state index is 13.1. The molecule has 0 aromatic carbocycles. The fourth-order valence-electron chi connectivity index (χ4n) is 4.63. The van der Waals surface area contributed by atoms with Gasteiger partial charge in [-0.05, 0) is 31.9 Å². The highest BCUT2D eigenvalue weighted by Gasteiger charge is 2.37. The molecule has 29 heavy (non-hydrogen) atoms. The second kappa shape index (κ2) is 8.22. The summed E-state index contributed by atoms with van der Waals surface area (Å²) >= 11 is 0. The minimum absolute atomic E-state index is 0.00331. The first-order valence-electron chi connectivity index (χ1n) is 10.2. The van der Waals surface area contributed by atoms with Gasteiger partial charge < -0.3 is 14.7 Å². The van der Waals surface area contributed by atoms with E-state index in [4.69, 9.17) is 4.74 Å². The average Bonchev–Trinajstić information content (AvgIpc) is 3.10. The number of carbonyl (C=O) groups is 1. The number of ether oxygens (including phenoxy) is 1. The Morgan fingerprint density at radius 3 is 2.62 bits per heavy atom. The third-order valence-electron chi connectivity index (χ3n) is 5.93. The summed E-state index contributed by atoms with van der Waals surface area (Å²) in [5, 5.41) is 9.88. The predicted octanol–water partition coefficient (Wildman–Crippen LogP) is 0.484. The van der Waals surface area contributed by atoms with Crippen molar-refractivity contribution in [2.24, 2.45) is 11.8 Å². The first-order valence-corrected chi connectivity index (χ1v) is 10.2. The lowest BCUT2D eigenvalue weighted by atomic mass is 9.96. The molecule has 2 aromatic heterocycles. The van der Waals surface area contributed by atoms with E-state index in [1.807, 2.05) is 0 Å². The van der Waals surface area contributed by atoms with Crippen LogP contribution in [0.3, 0.4) is 0 Å². The fourth-order valence-corrected chi connectivity index (χ4v) is 4.63. The Balaban J connectivity index is 1.50. The van der Waals surface area contributed by atoms with Crippen molar-refractivity contribution < 1.29 is 14.6 Å². The molecule has 1 N–H and O–H groups in total. The van der Waals surface area contributed by atoms with Crippen LogP contribution in [-0.4, -0.2) is 81.7 Å². The zero-order chi connectivity index (χ0) is 20.5. The Morgan fingerprint density at radius 1 is 1.17 bits per heavy atom. The minimum atomic E-state index is -0.361. The topological polar surface area (TPSA) is 87.4 Å². The van der Waals surface area contributed by atoms with Crippen molar-refractivity contribution in [3.63, 3.8) is 0 Å². The van der Waals surface area contributed by atoms with Gasteiger partial charge in [-0.2, -0.15) is 0 Å². The molecule has 2 saturated heterocycles. The van der Waals surface area contributed by atoms with Gasteiger partial charge in [0.1, 0.15) is 11.2 Å². The van der Waals surface area contributed by atoms with Gasteiger partial charge in [0.05, 0.1) is 12.2 Å². The average molecular weight is 400 g/mol. The van der Waals surface area contributed by atoms with Gasteiger partial charge in [0.15, 0.2) is 0 Å². The number of morpholine rings is 1. The lowest BCUT2D eigenvalue weighted by Crippen LogP contribution is -2.48. The van der Waals surface area contributed by atoms with Crippen LogP contribution in [0.2, 0.25) is 0 Å². The predicted molar refractivity (Wildman–Crippen MR) is 108 cm³/mol. The highest BCUT2D eigenvalue weighted by molar-refractivity contribution is 5.94. The molecular formula is C21H28N4O4. The molecule has 0 unspecified atom stereocenters. The molecule has 4 atom stereocenters. The number of aliphatic hydroxyl groups is 1. The fraction of sp³-hybridized carbons (Fsp3) is 0.571. The van der Waals surface area contributed by atoms with Crippen molar-refractivity contribution >= 4 is 11.6 Å². The van der Waals surface area contributed by atoms with Gasteiger partial charge in [-0.3, -0.25) is 18.9 Å². The van der Waals surface area contributed by atoms with Gasteiger partial charge in [-0.25, -0.2) is 4.98 Å². The number of rotatable bonds is 4. The highest BCUT2D eigenvalue weighted by atomic mass is 16.5. The van der Waals surface area contributed by atoms with E-state index in [9.17, 15) is 14.7 Å². The number of hydrogen-bond acceptors (Lipinski definition) is 6. The van der Waals surface area contributed by atoms with Crippen LogP contribution in [0.4, 0.5) is 0 Å². The molecule has 1 amide bonds. The largest absolute Gasteiger partial charge is 0.396 e. The van der Waals surface area contributed by atoms with E-state index in [-0.39, 0.29) is 47.7 Å². The van der Waals surface area contributed by atoms with Crippen molar-refractivity contribution in [1.82, 2.24) is 19.2 Å². The number of fused-ring (bicyclic) bond motifs is 1. The van der Waals surface area contributed by atoms with Crippen LogP contribution >= 0.6 is 0 Å². The van der Waals surface area contributed by atoms with Gasteiger partial charge in [-0.1, -0.05) is 6.07 Å². The van der Waals surface area contributed by atoms with Gasteiger partial charge in [0.2, 0.25) is 0 Å². The zero-order valence-corrected chi connectivity index (χ0v) is 16.9. The van der Waals surface area contributed by atoms with E-state index < -0.39 is 0 Å². The van der Waals surface area contributed by atoms with Gasteiger partial charge in [0, 0.05) is 57.6 Å². The molecule has 0 saturated carbocycles. The molecule has 0 radical (unpaired) electrons. The van der Waals surface area contributed by atoms with Crippen LogP contribution in [0.25, 0.3) is 5.65 Å². The molecule has 2 aliphatic rings. The molecule has 156 valence electrons. The number of aliphatic hydroxyl groups excluding tert-OH is 1. The van der Waals surface area contributed by atoms with Crippen molar-refractivity contribution in [2.75, 3.05) is 39.3 Å². The molecule has 2 aliphatic heterocycles. The molecule has 2 aromatic rings. The maximum Gasteiger partial charge on any atom is 0.270 e. The summed E-state index contributed by atoms with van der Waals surface area (Å²) in [5.41, 5.74) is 0.220. The summed E-state index contributed by atoms with van der Waals surface area (Å²) in [5.74, 6) is -0.147. The van der Waals surface area contributed by atoms with E-state index in [2.05, 4.69) is 23.7 Å². The first kappa shape index (κ1) is 20.0. The maximum absolute atomic E-state index is 13.1. The highest BCUT2D eigenvalue weighted by Crippen LogP contribution is 2.26. The number of likely N-dealkylation sites (tertiary alicyclic amines) is 1. The molecule has 0 aliphatic carbocycles. The molecule has 0 bridgehead atoms. The van der Waals surface area contributed by atoms with Crippen molar-refractivity contribution in [3.05, 3.63) is 46.5 Å². The van der Waals surface area contributed by atoms with Crippen molar-refractivity contribution in [3.8, 4) is 0 Å². The Labute approximate surface area is 169 Å². The molecule has 8 nitrogen and oxygen atoms in total. The number of carbonyl (C=O) groups excluding carboxylic acids is 1. The number of pyridine rings is 1. The summed E-state index contributed by atoms with van der Waals surface area (Å²) < 4.78 is 7.19. The monoisotopic (exact) mass is 400 g/mol. The van der Waals surface area contributed by atoms with Crippen LogP contribution in [-0.2, 0) is 4.74 Å². The number of aromatic nitrogens is 2. The summed E-state index contributed by atoms with van der Waals surface area (Å²) in [6.45, 7) is 7.65. The quantitative estimate of drug-likeness (QED) is 0.804. The Morgan fingerprint density at radius 2 is 1.90 bits per heavy atom. The minimum Gasteiger partial charge on any atom is -0.396 e. The summed E-state index contributed by atoms with van der Waals surface area (Å²) in [6, 6.07) is 5.27. The van der Waals surface area contributed by atoms with E-state index in [1.54, 1.807) is 29.3 Å². The number of nitrogens with zero attached hydrogens (tertiary/aromatic N) is 4. The van der Waals surface area contributed by atoms with Crippen molar-refractivity contribution in [1.29, 1.82) is 0 Å². The Hall–Kier alpha value is -2.29. The van der Waals surface area contributed by atoms with E-state index in [0.29, 0.717) is 18.7 Å². The van der Waals surface area contributed by atoms with Gasteiger partial charge in [0.25, 0.3) is 11.5 Å². The number of amides is 1. The lowest BCUT2D eigenvalue weighted by molar-refractivity contribution is -0.0726. The summed E-state index contributed by atoms with van der Waals surface area (Å²) in [4.78, 5) is 34.1. The third-order valence-corrected chi connectivity index (χ3v) is 5.93. The molecule has 4 heterocycles. The molecule has 2 fully saturated rings. The zero-order valence-electron chi connectivity index (χ0n) is 16.9. The third kappa shape index (κ3) is 4.05. The molecule has 8 heteroatoms. The number of hydrogen-bond donors (Lipinski definition) is 1. The standard InChI is InChI=1S/C21H28N4O4/c1-14-8-23(9-15(2)29-14)10-16-11-24(12-17(16)13-26)20(27)18-7-22-19-5-3-4-6-25(19)21(18)28/h3-7,14-17,26H,8-13H2,1-2H3/t14-,15+,16-,17-/m1/s1. The van der Waals surface area contributed by atoms with Crippen LogP contribution in [0.15, 0.2) is 35.4 Å². The molecule has 4 rings (SSSR count). The second-order valence-electron chi connectivity index (χ2n) is 8.29. The van der Waals surface area contributed by atoms with E-state index >= 15 is 0 Å². The summed E-state index contributed by atoms with van der Waals surface area (Å²) in [7, 11) is 0. The Kier molecular flexibility index (Phi) is 5.67. The van der Waals surface area contributed by atoms with Gasteiger partial charge >= 0.3 is 0 Å². The normalized spacial score (nSPS) is 28.2. The molecule has 0 spiro atoms. The molecular weight excluding hydrogens is 372 g/mol. The SMILES string of the molecule is C[C@@H]1CN(C[C@@H]2CN(C(=O)c3cnc4ccccn4c3=O)C[C@@H]2CO)C[C@H](C)O1. The first-order chi connectivity index (χ1) is 14.0. The van der Waals surface area contributed by atoms with Crippen molar-refractivity contribution in [2.45, 2.75) is 26.1 Å². The van der Waals surface area contributed by atoms with Gasteiger partial charge in [-0.15, -0.1) is 0 Å².